The van der Waals surface area contributed by atoms with Crippen LogP contribution in [0.5, 0.6) is 5.75 Å². The largest absolute Gasteiger partial charge is 0.496 e. The molecule has 1 atom stereocenters. The summed E-state index contributed by atoms with van der Waals surface area (Å²) in [6.45, 7) is 3.98. The molecule has 0 spiro atoms. The molecule has 0 saturated heterocycles. The normalized spacial score (nSPS) is 12.3. The van der Waals surface area contributed by atoms with E-state index in [0.29, 0.717) is 0 Å². The van der Waals surface area contributed by atoms with Crippen LogP contribution >= 0.6 is 11.6 Å². The van der Waals surface area contributed by atoms with E-state index in [4.69, 9.17) is 22.1 Å². The molecule has 0 aliphatic rings. The first-order chi connectivity index (χ1) is 9.43. The second-order valence-corrected chi connectivity index (χ2v) is 5.26. The Morgan fingerprint density at radius 2 is 1.90 bits per heavy atom. The van der Waals surface area contributed by atoms with Gasteiger partial charge in [-0.1, -0.05) is 23.7 Å². The van der Waals surface area contributed by atoms with Crippen molar-refractivity contribution in [1.29, 1.82) is 0 Å². The summed E-state index contributed by atoms with van der Waals surface area (Å²) in [5, 5.41) is 0.0710. The highest BCUT2D eigenvalue weighted by atomic mass is 35.5. The van der Waals surface area contributed by atoms with Crippen LogP contribution in [0.15, 0.2) is 30.3 Å². The van der Waals surface area contributed by atoms with Crippen molar-refractivity contribution in [2.45, 2.75) is 19.9 Å². The van der Waals surface area contributed by atoms with E-state index >= 15 is 0 Å². The van der Waals surface area contributed by atoms with Crippen LogP contribution in [0.1, 0.15) is 28.3 Å². The third-order valence-electron chi connectivity index (χ3n) is 3.33. The van der Waals surface area contributed by atoms with E-state index in [0.717, 1.165) is 28.0 Å². The molecule has 0 amide bonds. The molecule has 0 heterocycles. The van der Waals surface area contributed by atoms with Gasteiger partial charge in [0.05, 0.1) is 18.2 Å². The number of ether oxygens (including phenoxy) is 1. The molecule has 2 nitrogen and oxygen atoms in total. The van der Waals surface area contributed by atoms with Gasteiger partial charge in [-0.15, -0.1) is 0 Å². The highest BCUT2D eigenvalue weighted by molar-refractivity contribution is 6.30. The second-order valence-electron chi connectivity index (χ2n) is 4.85. The van der Waals surface area contributed by atoms with Crippen molar-refractivity contribution in [2.75, 3.05) is 7.11 Å². The van der Waals surface area contributed by atoms with Crippen LogP contribution in [0.4, 0.5) is 4.39 Å². The van der Waals surface area contributed by atoms with E-state index in [-0.39, 0.29) is 5.02 Å². The van der Waals surface area contributed by atoms with Gasteiger partial charge in [0.1, 0.15) is 11.6 Å². The Morgan fingerprint density at radius 3 is 2.50 bits per heavy atom. The summed E-state index contributed by atoms with van der Waals surface area (Å²) in [6.07, 6.45) is 0. The zero-order valence-corrected chi connectivity index (χ0v) is 12.5. The molecule has 2 rings (SSSR count). The van der Waals surface area contributed by atoms with Crippen LogP contribution in [-0.4, -0.2) is 7.11 Å². The summed E-state index contributed by atoms with van der Waals surface area (Å²) in [7, 11) is 1.61. The lowest BCUT2D eigenvalue weighted by Gasteiger charge is -2.19. The molecule has 0 aromatic heterocycles. The van der Waals surface area contributed by atoms with E-state index in [1.54, 1.807) is 19.2 Å². The number of aryl methyl sites for hydroxylation is 2. The van der Waals surface area contributed by atoms with Crippen molar-refractivity contribution in [3.63, 3.8) is 0 Å². The molecule has 0 saturated carbocycles. The van der Waals surface area contributed by atoms with E-state index in [9.17, 15) is 4.39 Å². The summed E-state index contributed by atoms with van der Waals surface area (Å²) >= 11 is 5.82. The minimum absolute atomic E-state index is 0.0710. The molecule has 0 bridgehead atoms. The molecular formula is C16H17ClFNO. The first-order valence-corrected chi connectivity index (χ1v) is 6.67. The topological polar surface area (TPSA) is 35.2 Å². The lowest BCUT2D eigenvalue weighted by atomic mass is 9.93. The molecule has 1 unspecified atom stereocenters. The number of rotatable bonds is 3. The van der Waals surface area contributed by atoms with Crippen LogP contribution in [0, 0.1) is 19.7 Å². The molecule has 2 aromatic rings. The molecule has 0 fully saturated rings. The van der Waals surface area contributed by atoms with Gasteiger partial charge in [-0.2, -0.15) is 0 Å². The van der Waals surface area contributed by atoms with Gasteiger partial charge in [0.2, 0.25) is 0 Å². The van der Waals surface area contributed by atoms with Gasteiger partial charge >= 0.3 is 0 Å². The standard InChI is InChI=1S/C16H17ClFNO/c1-9-6-10(2)15(14(7-9)20-3)16(19)11-4-5-13(18)12(17)8-11/h4-8,16H,19H2,1-3H3. The van der Waals surface area contributed by atoms with E-state index in [2.05, 4.69) is 0 Å². The molecule has 2 N–H and O–H groups in total. The van der Waals surface area contributed by atoms with Gasteiger partial charge in [-0.25, -0.2) is 4.39 Å². The Labute approximate surface area is 123 Å². The van der Waals surface area contributed by atoms with Gasteiger partial charge < -0.3 is 10.5 Å². The molecule has 106 valence electrons. The van der Waals surface area contributed by atoms with Crippen LogP contribution in [-0.2, 0) is 0 Å². The molecule has 0 radical (unpaired) electrons. The van der Waals surface area contributed by atoms with Crippen LogP contribution in [0.2, 0.25) is 5.02 Å². The zero-order valence-electron chi connectivity index (χ0n) is 11.7. The minimum Gasteiger partial charge on any atom is -0.496 e. The fraction of sp³-hybridized carbons (Fsp3) is 0.250. The third kappa shape index (κ3) is 2.79. The highest BCUT2D eigenvalue weighted by Gasteiger charge is 2.18. The average Bonchev–Trinajstić information content (AvgIpc) is 2.40. The molecule has 0 aliphatic heterocycles. The maximum absolute atomic E-state index is 13.2. The molecular weight excluding hydrogens is 277 g/mol. The zero-order chi connectivity index (χ0) is 14.9. The number of benzene rings is 2. The van der Waals surface area contributed by atoms with Crippen molar-refractivity contribution >= 4 is 11.6 Å². The van der Waals surface area contributed by atoms with Gasteiger partial charge in [0, 0.05) is 5.56 Å². The van der Waals surface area contributed by atoms with Crippen molar-refractivity contribution in [1.82, 2.24) is 0 Å². The summed E-state index contributed by atoms with van der Waals surface area (Å²) in [4.78, 5) is 0. The molecule has 2 aromatic carbocycles. The minimum atomic E-state index is -0.449. The number of methoxy groups -OCH3 is 1. The van der Waals surface area contributed by atoms with Crippen LogP contribution in [0.25, 0.3) is 0 Å². The Kier molecular flexibility index (Phi) is 4.31. The maximum atomic E-state index is 13.2. The highest BCUT2D eigenvalue weighted by Crippen LogP contribution is 2.33. The summed E-state index contributed by atoms with van der Waals surface area (Å²) in [5.74, 6) is 0.283. The quantitative estimate of drug-likeness (QED) is 0.922. The molecule has 0 aliphatic carbocycles. The summed E-state index contributed by atoms with van der Waals surface area (Å²) in [5.41, 5.74) is 10.1. The molecule has 4 heteroatoms. The summed E-state index contributed by atoms with van der Waals surface area (Å²) < 4.78 is 18.7. The monoisotopic (exact) mass is 293 g/mol. The lowest BCUT2D eigenvalue weighted by Crippen LogP contribution is -2.15. The SMILES string of the molecule is COc1cc(C)cc(C)c1C(N)c1ccc(F)c(Cl)c1. The van der Waals surface area contributed by atoms with Crippen molar-refractivity contribution in [3.8, 4) is 5.75 Å². The van der Waals surface area contributed by atoms with E-state index < -0.39 is 11.9 Å². The van der Waals surface area contributed by atoms with Gasteiger partial charge in [0.15, 0.2) is 0 Å². The maximum Gasteiger partial charge on any atom is 0.141 e. The van der Waals surface area contributed by atoms with E-state index in [1.165, 1.54) is 6.07 Å². The second kappa shape index (κ2) is 5.81. The number of nitrogens with two attached hydrogens (primary N) is 1. The number of halogens is 2. The van der Waals surface area contributed by atoms with Crippen LogP contribution in [0.3, 0.4) is 0 Å². The number of hydrogen-bond acceptors (Lipinski definition) is 2. The predicted octanol–water partition coefficient (Wildman–Crippen LogP) is 4.15. The van der Waals surface area contributed by atoms with Gasteiger partial charge in [-0.3, -0.25) is 0 Å². The Balaban J connectivity index is 2.52. The first kappa shape index (κ1) is 14.8. The predicted molar refractivity (Wildman–Crippen MR) is 79.9 cm³/mol. The average molecular weight is 294 g/mol. The fourth-order valence-corrected chi connectivity index (χ4v) is 2.57. The van der Waals surface area contributed by atoms with Crippen LogP contribution < -0.4 is 10.5 Å². The van der Waals surface area contributed by atoms with Crippen molar-refractivity contribution in [2.24, 2.45) is 5.73 Å². The molecule has 20 heavy (non-hydrogen) atoms. The smallest absolute Gasteiger partial charge is 0.141 e. The van der Waals surface area contributed by atoms with Gasteiger partial charge in [0.25, 0.3) is 0 Å². The van der Waals surface area contributed by atoms with Crippen molar-refractivity contribution in [3.05, 3.63) is 63.4 Å². The Bertz CT molecular complexity index is 643. The van der Waals surface area contributed by atoms with Gasteiger partial charge in [-0.05, 0) is 48.7 Å². The summed E-state index contributed by atoms with van der Waals surface area (Å²) in [6, 6.07) is 8.10. The number of hydrogen-bond donors (Lipinski definition) is 1. The van der Waals surface area contributed by atoms with Crippen molar-refractivity contribution < 1.29 is 9.13 Å². The Hall–Kier alpha value is -1.58. The third-order valence-corrected chi connectivity index (χ3v) is 3.62. The van der Waals surface area contributed by atoms with E-state index in [1.807, 2.05) is 26.0 Å². The fourth-order valence-electron chi connectivity index (χ4n) is 2.38. The first-order valence-electron chi connectivity index (χ1n) is 6.29. The lowest BCUT2D eigenvalue weighted by molar-refractivity contribution is 0.407. The Morgan fingerprint density at radius 1 is 1.20 bits per heavy atom.